The lowest BCUT2D eigenvalue weighted by molar-refractivity contribution is -0.137. The van der Waals surface area contributed by atoms with Crippen LogP contribution in [0.25, 0.3) is 11.1 Å². The lowest BCUT2D eigenvalue weighted by atomic mass is 10.0. The van der Waals surface area contributed by atoms with E-state index in [4.69, 9.17) is 9.63 Å². The van der Waals surface area contributed by atoms with Gasteiger partial charge in [0.25, 0.3) is 0 Å². The standard InChI is InChI=1S/C28H33N2O6P/c1-20(2)22-12-14-25(15-13-22)36-37(34,35)19-30-26(28(33)29-17-16-27(31)32)18-21-8-10-24(11-9-21)23-6-4-3-5-7-23/h3-15,20,26,30H,16-19H2,1-2H3,(H,29,33)(H,31,32)(H,34,35)/t26-/m0/s1. The maximum absolute atomic E-state index is 12.8. The van der Waals surface area contributed by atoms with Gasteiger partial charge in [-0.1, -0.05) is 80.6 Å². The van der Waals surface area contributed by atoms with Crippen LogP contribution in [0.4, 0.5) is 0 Å². The summed E-state index contributed by atoms with van der Waals surface area (Å²) in [6.07, 6.45) is -0.451. The van der Waals surface area contributed by atoms with E-state index in [0.717, 1.165) is 22.3 Å². The molecule has 3 aromatic rings. The molecule has 0 aromatic heterocycles. The van der Waals surface area contributed by atoms with E-state index in [1.807, 2.05) is 80.6 Å². The van der Waals surface area contributed by atoms with Crippen molar-refractivity contribution in [3.05, 3.63) is 90.0 Å². The number of rotatable bonds is 13. The average molecular weight is 525 g/mol. The highest BCUT2D eigenvalue weighted by Gasteiger charge is 2.26. The van der Waals surface area contributed by atoms with Crippen molar-refractivity contribution in [2.45, 2.75) is 38.6 Å². The summed E-state index contributed by atoms with van der Waals surface area (Å²) in [7, 11) is -4.13. The molecule has 0 spiro atoms. The first-order valence-electron chi connectivity index (χ1n) is 12.1. The van der Waals surface area contributed by atoms with Gasteiger partial charge in [-0.25, -0.2) is 4.57 Å². The third-order valence-corrected chi connectivity index (χ3v) is 6.87. The zero-order valence-corrected chi connectivity index (χ0v) is 21.9. The Hall–Kier alpha value is -3.45. The van der Waals surface area contributed by atoms with Gasteiger partial charge in [-0.05, 0) is 46.7 Å². The van der Waals surface area contributed by atoms with Gasteiger partial charge in [-0.2, -0.15) is 0 Å². The number of aliphatic carboxylic acids is 1. The van der Waals surface area contributed by atoms with E-state index in [-0.39, 0.29) is 25.1 Å². The molecule has 1 unspecified atom stereocenters. The highest BCUT2D eigenvalue weighted by atomic mass is 31.2. The van der Waals surface area contributed by atoms with E-state index < -0.39 is 31.8 Å². The van der Waals surface area contributed by atoms with Crippen LogP contribution in [-0.2, 0) is 20.6 Å². The monoisotopic (exact) mass is 524 g/mol. The zero-order valence-electron chi connectivity index (χ0n) is 21.0. The number of carbonyl (C=O) groups excluding carboxylic acids is 1. The fourth-order valence-electron chi connectivity index (χ4n) is 3.71. The van der Waals surface area contributed by atoms with E-state index in [2.05, 4.69) is 10.6 Å². The Kier molecular flexibility index (Phi) is 10.0. The maximum Gasteiger partial charge on any atom is 0.390 e. The summed E-state index contributed by atoms with van der Waals surface area (Å²) in [4.78, 5) is 34.1. The first-order valence-corrected chi connectivity index (χ1v) is 13.9. The Labute approximate surface area is 217 Å². The van der Waals surface area contributed by atoms with Crippen LogP contribution < -0.4 is 15.2 Å². The molecule has 0 saturated heterocycles. The summed E-state index contributed by atoms with van der Waals surface area (Å²) in [6.45, 7) is 4.05. The molecule has 0 aliphatic carbocycles. The molecule has 9 heteroatoms. The third kappa shape index (κ3) is 9.17. The summed E-state index contributed by atoms with van der Waals surface area (Å²) in [5.74, 6) is -0.914. The lowest BCUT2D eigenvalue weighted by Gasteiger charge is -2.21. The van der Waals surface area contributed by atoms with Gasteiger partial charge in [0.05, 0.1) is 12.5 Å². The summed E-state index contributed by atoms with van der Waals surface area (Å²) in [5, 5.41) is 14.3. The average Bonchev–Trinajstić information content (AvgIpc) is 2.87. The molecule has 0 aliphatic heterocycles. The molecule has 2 atom stereocenters. The van der Waals surface area contributed by atoms with Gasteiger partial charge in [0.1, 0.15) is 12.0 Å². The minimum Gasteiger partial charge on any atom is -0.481 e. The molecule has 37 heavy (non-hydrogen) atoms. The van der Waals surface area contributed by atoms with Crippen molar-refractivity contribution in [3.8, 4) is 16.9 Å². The minimum atomic E-state index is -4.13. The molecule has 0 saturated carbocycles. The summed E-state index contributed by atoms with van der Waals surface area (Å²) in [5.41, 5.74) is 4.00. The summed E-state index contributed by atoms with van der Waals surface area (Å²) in [6, 6.07) is 23.6. The topological polar surface area (TPSA) is 125 Å². The van der Waals surface area contributed by atoms with Crippen molar-refractivity contribution in [2.24, 2.45) is 0 Å². The Morgan fingerprint density at radius 1 is 0.919 bits per heavy atom. The van der Waals surface area contributed by atoms with E-state index in [9.17, 15) is 19.0 Å². The summed E-state index contributed by atoms with van der Waals surface area (Å²) < 4.78 is 18.1. The van der Waals surface area contributed by atoms with Gasteiger partial charge < -0.3 is 19.8 Å². The van der Waals surface area contributed by atoms with Crippen LogP contribution in [0.15, 0.2) is 78.9 Å². The Balaban J connectivity index is 1.67. The fraction of sp³-hybridized carbons (Fsp3) is 0.286. The first kappa shape index (κ1) is 28.1. The van der Waals surface area contributed by atoms with Crippen LogP contribution in [0.1, 0.15) is 37.3 Å². The molecule has 3 rings (SSSR count). The maximum atomic E-state index is 12.8. The van der Waals surface area contributed by atoms with Crippen molar-refractivity contribution >= 4 is 19.5 Å². The number of hydrogen-bond donors (Lipinski definition) is 4. The van der Waals surface area contributed by atoms with Crippen molar-refractivity contribution in [2.75, 3.05) is 12.8 Å². The van der Waals surface area contributed by atoms with Crippen molar-refractivity contribution in [1.29, 1.82) is 0 Å². The first-order chi connectivity index (χ1) is 17.6. The normalized spacial score (nSPS) is 13.5. The van der Waals surface area contributed by atoms with Gasteiger partial charge in [-0.3, -0.25) is 14.9 Å². The molecular formula is C28H33N2O6P. The number of carboxylic acids is 1. The van der Waals surface area contributed by atoms with Crippen molar-refractivity contribution in [1.82, 2.24) is 10.6 Å². The van der Waals surface area contributed by atoms with Crippen molar-refractivity contribution < 1.29 is 28.7 Å². The van der Waals surface area contributed by atoms with E-state index in [1.54, 1.807) is 12.1 Å². The van der Waals surface area contributed by atoms with Crippen LogP contribution in [0.5, 0.6) is 5.75 Å². The quantitative estimate of drug-likeness (QED) is 0.237. The van der Waals surface area contributed by atoms with Crippen LogP contribution in [0.3, 0.4) is 0 Å². The lowest BCUT2D eigenvalue weighted by Crippen LogP contribution is -2.46. The molecule has 0 bridgehead atoms. The second-order valence-electron chi connectivity index (χ2n) is 9.07. The smallest absolute Gasteiger partial charge is 0.390 e. The minimum absolute atomic E-state index is 0.0468. The molecule has 0 radical (unpaired) electrons. The molecule has 4 N–H and O–H groups in total. The Morgan fingerprint density at radius 3 is 2.14 bits per heavy atom. The molecular weight excluding hydrogens is 491 g/mol. The number of nitrogens with one attached hydrogen (secondary N) is 2. The largest absolute Gasteiger partial charge is 0.481 e. The SMILES string of the molecule is CC(C)c1ccc(OP(=O)(O)CN[C@@H](Cc2ccc(-c3ccccc3)cc2)C(=O)NCCC(=O)O)cc1. The molecule has 0 fully saturated rings. The fourth-order valence-corrected chi connectivity index (χ4v) is 4.68. The molecule has 3 aromatic carbocycles. The van der Waals surface area contributed by atoms with Gasteiger partial charge in [-0.15, -0.1) is 0 Å². The van der Waals surface area contributed by atoms with Gasteiger partial charge in [0.2, 0.25) is 5.91 Å². The third-order valence-electron chi connectivity index (χ3n) is 5.79. The van der Waals surface area contributed by atoms with Crippen LogP contribution >= 0.6 is 7.60 Å². The highest BCUT2D eigenvalue weighted by molar-refractivity contribution is 7.53. The number of carboxylic acid groups (broad SMARTS) is 1. The van der Waals surface area contributed by atoms with Crippen LogP contribution in [-0.4, -0.2) is 40.7 Å². The number of benzene rings is 3. The van der Waals surface area contributed by atoms with E-state index in [1.165, 1.54) is 0 Å². The second kappa shape index (κ2) is 13.2. The van der Waals surface area contributed by atoms with E-state index >= 15 is 0 Å². The molecule has 0 aliphatic rings. The predicted octanol–water partition coefficient (Wildman–Crippen LogP) is 4.79. The number of hydrogen-bond acceptors (Lipinski definition) is 5. The van der Waals surface area contributed by atoms with Gasteiger partial charge >= 0.3 is 13.6 Å². The Bertz CT molecular complexity index is 1210. The van der Waals surface area contributed by atoms with Gasteiger partial charge in [0.15, 0.2) is 0 Å². The molecule has 1 amide bonds. The highest BCUT2D eigenvalue weighted by Crippen LogP contribution is 2.41. The molecule has 196 valence electrons. The zero-order chi connectivity index (χ0) is 26.8. The second-order valence-corrected chi connectivity index (χ2v) is 10.8. The predicted molar refractivity (Wildman–Crippen MR) is 144 cm³/mol. The Morgan fingerprint density at radius 2 is 1.54 bits per heavy atom. The number of amides is 1. The van der Waals surface area contributed by atoms with Gasteiger partial charge in [0, 0.05) is 6.54 Å². The van der Waals surface area contributed by atoms with E-state index in [0.29, 0.717) is 5.92 Å². The molecule has 8 nitrogen and oxygen atoms in total. The van der Waals surface area contributed by atoms with Crippen molar-refractivity contribution in [3.63, 3.8) is 0 Å². The molecule has 0 heterocycles. The summed E-state index contributed by atoms with van der Waals surface area (Å²) >= 11 is 0. The number of carbonyl (C=O) groups is 2. The van der Waals surface area contributed by atoms with Crippen LogP contribution in [0, 0.1) is 0 Å². The van der Waals surface area contributed by atoms with Crippen LogP contribution in [0.2, 0.25) is 0 Å².